The summed E-state index contributed by atoms with van der Waals surface area (Å²) in [6, 6.07) is 13.7. The van der Waals surface area contributed by atoms with Crippen molar-refractivity contribution in [2.24, 2.45) is 15.8 Å². The van der Waals surface area contributed by atoms with Gasteiger partial charge in [0.2, 0.25) is 0 Å². The standard InChI is InChI=1S/C14H12BrN5/c15-11-7-6-10-14(19-11)13(9-4-2-1-3-5-9)17-8-12(18-10)20-16/h1-7H,8,16H2,(H,18,20). The third-order valence-electron chi connectivity index (χ3n) is 2.92. The van der Waals surface area contributed by atoms with Gasteiger partial charge >= 0.3 is 0 Å². The Morgan fingerprint density at radius 3 is 2.65 bits per heavy atom. The predicted octanol–water partition coefficient (Wildman–Crippen LogP) is 2.19. The summed E-state index contributed by atoms with van der Waals surface area (Å²) in [5, 5.41) is 0. The number of hydrogen-bond acceptors (Lipinski definition) is 5. The van der Waals surface area contributed by atoms with E-state index in [9.17, 15) is 0 Å². The lowest BCUT2D eigenvalue weighted by atomic mass is 10.1. The fourth-order valence-corrected chi connectivity index (χ4v) is 2.31. The maximum Gasteiger partial charge on any atom is 0.138 e. The Hall–Kier alpha value is -2.05. The van der Waals surface area contributed by atoms with Gasteiger partial charge in [0.1, 0.15) is 16.1 Å². The highest BCUT2D eigenvalue weighted by Gasteiger charge is 2.17. The smallest absolute Gasteiger partial charge is 0.138 e. The molecule has 0 atom stereocenters. The molecule has 0 unspecified atom stereocenters. The molecular formula is C14H12BrN5. The number of fused-ring (bicyclic) bond motifs is 1. The van der Waals surface area contributed by atoms with Crippen molar-refractivity contribution in [2.45, 2.75) is 0 Å². The molecule has 5 nitrogen and oxygen atoms in total. The second kappa shape index (κ2) is 5.52. The first-order valence-electron chi connectivity index (χ1n) is 6.09. The molecule has 100 valence electrons. The molecule has 1 aromatic heterocycles. The third kappa shape index (κ3) is 2.48. The Balaban J connectivity index is 2.19. The van der Waals surface area contributed by atoms with Crippen molar-refractivity contribution in [1.29, 1.82) is 0 Å². The molecule has 0 amide bonds. The third-order valence-corrected chi connectivity index (χ3v) is 3.36. The fourth-order valence-electron chi connectivity index (χ4n) is 2.00. The highest BCUT2D eigenvalue weighted by atomic mass is 79.9. The average molecular weight is 330 g/mol. The molecule has 3 rings (SSSR count). The number of hydrazine groups is 1. The van der Waals surface area contributed by atoms with Crippen LogP contribution in [0.4, 0.5) is 5.69 Å². The second-order valence-corrected chi connectivity index (χ2v) is 5.05. The van der Waals surface area contributed by atoms with Gasteiger partial charge < -0.3 is 5.43 Å². The molecule has 0 aliphatic carbocycles. The molecule has 0 saturated carbocycles. The summed E-state index contributed by atoms with van der Waals surface area (Å²) in [6.07, 6.45) is 0. The lowest BCUT2D eigenvalue weighted by molar-refractivity contribution is 0.992. The molecule has 3 N–H and O–H groups in total. The largest absolute Gasteiger partial charge is 0.310 e. The fraction of sp³-hybridized carbons (Fsp3) is 0.0714. The van der Waals surface area contributed by atoms with Crippen molar-refractivity contribution >= 4 is 33.2 Å². The summed E-state index contributed by atoms with van der Waals surface area (Å²) in [7, 11) is 0. The number of nitrogens with two attached hydrogens (primary N) is 1. The van der Waals surface area contributed by atoms with Crippen LogP contribution < -0.4 is 11.3 Å². The van der Waals surface area contributed by atoms with Gasteiger partial charge in [0.05, 0.1) is 17.9 Å². The summed E-state index contributed by atoms with van der Waals surface area (Å²) in [6.45, 7) is 0.398. The van der Waals surface area contributed by atoms with Crippen molar-refractivity contribution < 1.29 is 0 Å². The van der Waals surface area contributed by atoms with E-state index in [4.69, 9.17) is 5.84 Å². The number of halogens is 1. The molecule has 20 heavy (non-hydrogen) atoms. The summed E-state index contributed by atoms with van der Waals surface area (Å²) in [4.78, 5) is 13.6. The van der Waals surface area contributed by atoms with Crippen LogP contribution in [0.5, 0.6) is 0 Å². The van der Waals surface area contributed by atoms with E-state index in [1.54, 1.807) is 0 Å². The van der Waals surface area contributed by atoms with Gasteiger partial charge in [-0.15, -0.1) is 0 Å². The number of rotatable bonds is 1. The van der Waals surface area contributed by atoms with E-state index < -0.39 is 0 Å². The minimum Gasteiger partial charge on any atom is -0.310 e. The number of nitrogens with one attached hydrogen (secondary N) is 1. The molecule has 0 fully saturated rings. The van der Waals surface area contributed by atoms with Crippen LogP contribution >= 0.6 is 15.9 Å². The molecule has 0 radical (unpaired) electrons. The maximum atomic E-state index is 5.46. The van der Waals surface area contributed by atoms with Gasteiger partial charge in [0.25, 0.3) is 0 Å². The number of aromatic nitrogens is 1. The summed E-state index contributed by atoms with van der Waals surface area (Å²) in [5.74, 6) is 6.08. The summed E-state index contributed by atoms with van der Waals surface area (Å²) >= 11 is 3.39. The lowest BCUT2D eigenvalue weighted by Crippen LogP contribution is -2.32. The van der Waals surface area contributed by atoms with Gasteiger partial charge in [-0.05, 0) is 28.1 Å². The predicted molar refractivity (Wildman–Crippen MR) is 83.3 cm³/mol. The van der Waals surface area contributed by atoms with Gasteiger partial charge in [-0.2, -0.15) is 0 Å². The monoisotopic (exact) mass is 329 g/mol. The first kappa shape index (κ1) is 13.0. The van der Waals surface area contributed by atoms with Gasteiger partial charge in [-0.25, -0.2) is 15.8 Å². The zero-order valence-electron chi connectivity index (χ0n) is 10.5. The van der Waals surface area contributed by atoms with Crippen LogP contribution in [-0.2, 0) is 0 Å². The maximum absolute atomic E-state index is 5.46. The van der Waals surface area contributed by atoms with E-state index in [1.165, 1.54) is 0 Å². The van der Waals surface area contributed by atoms with Crippen molar-refractivity contribution in [3.63, 3.8) is 0 Å². The topological polar surface area (TPSA) is 75.7 Å². The number of nitrogens with zero attached hydrogens (tertiary/aromatic N) is 3. The lowest BCUT2D eigenvalue weighted by Gasteiger charge is -2.07. The van der Waals surface area contributed by atoms with Crippen molar-refractivity contribution in [2.75, 3.05) is 6.54 Å². The molecule has 2 heterocycles. The van der Waals surface area contributed by atoms with Crippen LogP contribution in [-0.4, -0.2) is 23.1 Å². The van der Waals surface area contributed by atoms with Crippen LogP contribution in [0.3, 0.4) is 0 Å². The first-order chi connectivity index (χ1) is 9.78. The van der Waals surface area contributed by atoms with E-state index in [0.717, 1.165) is 27.3 Å². The number of benzene rings is 1. The zero-order chi connectivity index (χ0) is 13.9. The Morgan fingerprint density at radius 2 is 1.90 bits per heavy atom. The van der Waals surface area contributed by atoms with E-state index in [2.05, 4.69) is 36.3 Å². The molecule has 6 heteroatoms. The van der Waals surface area contributed by atoms with Crippen LogP contribution in [0.2, 0.25) is 0 Å². The van der Waals surface area contributed by atoms with E-state index in [0.29, 0.717) is 12.4 Å². The van der Waals surface area contributed by atoms with Gasteiger partial charge in [0, 0.05) is 5.56 Å². The SMILES string of the molecule is NNC1=Nc2ccc(Br)nc2C(c2ccccc2)=NC1. The summed E-state index contributed by atoms with van der Waals surface area (Å²) < 4.78 is 0.749. The Morgan fingerprint density at radius 1 is 1.10 bits per heavy atom. The molecule has 0 saturated heterocycles. The molecule has 2 aromatic rings. The van der Waals surface area contributed by atoms with Crippen LogP contribution in [0, 0.1) is 0 Å². The number of hydrogen-bond donors (Lipinski definition) is 2. The average Bonchev–Trinajstić information content (AvgIpc) is 2.67. The number of aliphatic imine (C=N–C) groups is 2. The molecule has 0 bridgehead atoms. The van der Waals surface area contributed by atoms with Crippen LogP contribution in [0.25, 0.3) is 0 Å². The minimum atomic E-state index is 0.398. The highest BCUT2D eigenvalue weighted by molar-refractivity contribution is 9.10. The first-order valence-corrected chi connectivity index (χ1v) is 6.88. The van der Waals surface area contributed by atoms with E-state index in [-0.39, 0.29) is 0 Å². The molecule has 1 aliphatic heterocycles. The second-order valence-electron chi connectivity index (χ2n) is 4.24. The van der Waals surface area contributed by atoms with Crippen molar-refractivity contribution in [3.8, 4) is 0 Å². The minimum absolute atomic E-state index is 0.398. The van der Waals surface area contributed by atoms with Crippen LogP contribution in [0.15, 0.2) is 57.1 Å². The van der Waals surface area contributed by atoms with Gasteiger partial charge in [0.15, 0.2) is 0 Å². The molecule has 0 spiro atoms. The Bertz CT molecular complexity index is 694. The molecule has 1 aliphatic rings. The Labute approximate surface area is 124 Å². The highest BCUT2D eigenvalue weighted by Crippen LogP contribution is 2.25. The van der Waals surface area contributed by atoms with Crippen LogP contribution in [0.1, 0.15) is 11.3 Å². The normalized spacial score (nSPS) is 13.9. The quantitative estimate of drug-likeness (QED) is 0.478. The number of pyridine rings is 1. The van der Waals surface area contributed by atoms with E-state index in [1.807, 2.05) is 42.5 Å². The van der Waals surface area contributed by atoms with Crippen molar-refractivity contribution in [1.82, 2.24) is 10.4 Å². The van der Waals surface area contributed by atoms with Crippen molar-refractivity contribution in [3.05, 3.63) is 58.3 Å². The summed E-state index contributed by atoms with van der Waals surface area (Å²) in [5.41, 5.74) is 5.90. The van der Waals surface area contributed by atoms with Gasteiger partial charge in [-0.3, -0.25) is 4.99 Å². The zero-order valence-corrected chi connectivity index (χ0v) is 12.1. The van der Waals surface area contributed by atoms with Gasteiger partial charge in [-0.1, -0.05) is 30.3 Å². The molecule has 1 aromatic carbocycles. The number of amidine groups is 1. The Kier molecular flexibility index (Phi) is 3.58. The molecular weight excluding hydrogens is 318 g/mol. The van der Waals surface area contributed by atoms with E-state index >= 15 is 0 Å².